The molecule has 0 spiro atoms. The largest absolute Gasteiger partial charge is 0.299 e. The average Bonchev–Trinajstić information content (AvgIpc) is 2.67. The molecule has 4 rings (SSSR count). The summed E-state index contributed by atoms with van der Waals surface area (Å²) in [5.41, 5.74) is 3.56. The van der Waals surface area contributed by atoms with Crippen LogP contribution in [0.3, 0.4) is 0 Å². The van der Waals surface area contributed by atoms with Crippen molar-refractivity contribution in [2.75, 3.05) is 0 Å². The number of allylic oxidation sites excluding steroid dienone is 2. The fourth-order valence-corrected chi connectivity index (χ4v) is 9.93. The van der Waals surface area contributed by atoms with E-state index in [0.29, 0.717) is 27.4 Å². The summed E-state index contributed by atoms with van der Waals surface area (Å²) in [5, 5.41) is 0. The van der Waals surface area contributed by atoms with Crippen molar-refractivity contribution in [2.45, 2.75) is 126 Å². The topological polar surface area (TPSA) is 17.1 Å². The first-order valence-electron chi connectivity index (χ1n) is 13.5. The number of ketones is 1. The van der Waals surface area contributed by atoms with Gasteiger partial charge in [0.05, 0.1) is 0 Å². The third-order valence-electron chi connectivity index (χ3n) is 12.2. The summed E-state index contributed by atoms with van der Waals surface area (Å²) < 4.78 is 0. The molecule has 4 fully saturated rings. The van der Waals surface area contributed by atoms with Gasteiger partial charge >= 0.3 is 0 Å². The van der Waals surface area contributed by atoms with Crippen LogP contribution < -0.4 is 0 Å². The Morgan fingerprint density at radius 1 is 0.903 bits per heavy atom. The highest BCUT2D eigenvalue weighted by Gasteiger charge is 2.67. The lowest BCUT2D eigenvalue weighted by Crippen LogP contribution is -2.64. The molecule has 4 aliphatic carbocycles. The average molecular weight is 427 g/mol. The van der Waals surface area contributed by atoms with Crippen molar-refractivity contribution >= 4 is 5.78 Å². The molecular formula is C30H50O. The predicted molar refractivity (Wildman–Crippen MR) is 132 cm³/mol. The monoisotopic (exact) mass is 426 g/mol. The van der Waals surface area contributed by atoms with Crippen molar-refractivity contribution in [2.24, 2.45) is 44.8 Å². The van der Waals surface area contributed by atoms with Crippen molar-refractivity contribution in [3.05, 3.63) is 11.6 Å². The second kappa shape index (κ2) is 7.46. The van der Waals surface area contributed by atoms with E-state index in [1.165, 1.54) is 63.4 Å². The molecule has 4 aliphatic rings. The van der Waals surface area contributed by atoms with Crippen molar-refractivity contribution in [1.29, 1.82) is 0 Å². The Balaban J connectivity index is 1.61. The van der Waals surface area contributed by atoms with E-state index >= 15 is 0 Å². The summed E-state index contributed by atoms with van der Waals surface area (Å²) in [6, 6.07) is 0. The van der Waals surface area contributed by atoms with Crippen LogP contribution in [0.1, 0.15) is 126 Å². The van der Waals surface area contributed by atoms with Crippen LogP contribution in [-0.2, 0) is 4.79 Å². The Labute approximate surface area is 193 Å². The molecule has 0 bridgehead atoms. The lowest BCUT2D eigenvalue weighted by atomic mass is 9.33. The molecule has 0 saturated heterocycles. The fourth-order valence-electron chi connectivity index (χ4n) is 9.93. The molecule has 0 aromatic carbocycles. The summed E-state index contributed by atoms with van der Waals surface area (Å²) in [5.74, 6) is 2.37. The van der Waals surface area contributed by atoms with E-state index in [1.807, 2.05) is 0 Å². The molecule has 0 aromatic rings. The minimum atomic E-state index is 0.234. The molecule has 0 radical (unpaired) electrons. The highest BCUT2D eigenvalue weighted by molar-refractivity contribution is 5.82. The van der Waals surface area contributed by atoms with Gasteiger partial charge in [0.2, 0.25) is 0 Å². The van der Waals surface area contributed by atoms with Crippen LogP contribution in [0.2, 0.25) is 0 Å². The van der Waals surface area contributed by atoms with Crippen LogP contribution in [0, 0.1) is 44.8 Å². The highest BCUT2D eigenvalue weighted by Crippen LogP contribution is 2.75. The van der Waals surface area contributed by atoms with E-state index in [0.717, 1.165) is 24.7 Å². The van der Waals surface area contributed by atoms with Crippen LogP contribution in [0.4, 0.5) is 0 Å². The summed E-state index contributed by atoms with van der Waals surface area (Å²) >= 11 is 0. The molecule has 176 valence electrons. The molecule has 0 aromatic heterocycles. The maximum Gasteiger partial charge on any atom is 0.136 e. The minimum absolute atomic E-state index is 0.234. The van der Waals surface area contributed by atoms with Crippen molar-refractivity contribution in [1.82, 2.24) is 0 Å². The van der Waals surface area contributed by atoms with Crippen molar-refractivity contribution in [3.63, 3.8) is 0 Å². The van der Waals surface area contributed by atoms with Crippen LogP contribution in [-0.4, -0.2) is 5.78 Å². The zero-order valence-corrected chi connectivity index (χ0v) is 22.0. The van der Waals surface area contributed by atoms with E-state index in [-0.39, 0.29) is 11.3 Å². The molecule has 0 unspecified atom stereocenters. The lowest BCUT2D eigenvalue weighted by Gasteiger charge is -2.72. The summed E-state index contributed by atoms with van der Waals surface area (Å²) in [6.45, 7) is 19.8. The number of hydrogen-bond acceptors (Lipinski definition) is 1. The third kappa shape index (κ3) is 3.42. The molecule has 0 N–H and O–H groups in total. The minimum Gasteiger partial charge on any atom is -0.299 e. The number of Topliss-reactive ketones (excluding diaryl/α,β-unsaturated/α-hetero) is 1. The van der Waals surface area contributed by atoms with Gasteiger partial charge in [0, 0.05) is 12.3 Å². The highest BCUT2D eigenvalue weighted by atomic mass is 16.1. The smallest absolute Gasteiger partial charge is 0.136 e. The number of rotatable bonds is 3. The van der Waals surface area contributed by atoms with Crippen molar-refractivity contribution in [3.8, 4) is 0 Å². The fraction of sp³-hybridized carbons (Fsp3) is 0.900. The molecular weight excluding hydrogens is 376 g/mol. The first-order chi connectivity index (χ1) is 14.3. The molecule has 4 saturated carbocycles. The van der Waals surface area contributed by atoms with E-state index < -0.39 is 0 Å². The Morgan fingerprint density at radius 2 is 1.61 bits per heavy atom. The first-order valence-corrected chi connectivity index (χ1v) is 13.5. The van der Waals surface area contributed by atoms with Gasteiger partial charge in [-0.2, -0.15) is 0 Å². The zero-order valence-electron chi connectivity index (χ0n) is 22.0. The van der Waals surface area contributed by atoms with Gasteiger partial charge in [-0.3, -0.25) is 4.79 Å². The number of hydrogen-bond donors (Lipinski definition) is 0. The van der Waals surface area contributed by atoms with Gasteiger partial charge in [-0.25, -0.2) is 0 Å². The van der Waals surface area contributed by atoms with Gasteiger partial charge in [0.1, 0.15) is 5.78 Å². The summed E-state index contributed by atoms with van der Waals surface area (Å²) in [4.78, 5) is 12.7. The maximum absolute atomic E-state index is 12.7. The Hall–Kier alpha value is -0.590. The maximum atomic E-state index is 12.7. The number of carbonyl (C=O) groups excluding carboxylic acids is 1. The molecule has 1 nitrogen and oxygen atoms in total. The lowest BCUT2D eigenvalue weighted by molar-refractivity contribution is -0.225. The molecule has 31 heavy (non-hydrogen) atoms. The predicted octanol–water partition coefficient (Wildman–Crippen LogP) is 8.77. The standard InChI is InChI=1S/C30H50O/c1-21(2)10-9-14-26(4)16-19-30(8)25-13-15-28(6)22(3)23(31)11-12-24(28)29(25,7)18-17-27(30,5)20-26/h10,22,24-25H,9,11-20H2,1-8H3/t22-,24+,25-,26-,27+,28-,29-,30-/m1/s1. The quantitative estimate of drug-likeness (QED) is 0.412. The van der Waals surface area contributed by atoms with Gasteiger partial charge in [-0.1, -0.05) is 53.2 Å². The summed E-state index contributed by atoms with van der Waals surface area (Å²) in [6.07, 6.45) is 16.7. The number of carbonyl (C=O) groups is 1. The van der Waals surface area contributed by atoms with Crippen molar-refractivity contribution < 1.29 is 4.79 Å². The normalized spacial score (nSPS) is 52.0. The molecule has 0 amide bonds. The van der Waals surface area contributed by atoms with Gasteiger partial charge in [-0.05, 0) is 117 Å². The Kier molecular flexibility index (Phi) is 5.67. The van der Waals surface area contributed by atoms with E-state index in [1.54, 1.807) is 0 Å². The SMILES string of the molecule is CC(C)=CCC[C@]1(C)CC[C@]2(C)[C@@H]3CC[C@@]4(C)[C@H](CCC(=O)[C@H]4C)[C@@]3(C)CC[C@@]2(C)C1. The van der Waals surface area contributed by atoms with Gasteiger partial charge in [0.15, 0.2) is 0 Å². The van der Waals surface area contributed by atoms with Crippen LogP contribution in [0.5, 0.6) is 0 Å². The van der Waals surface area contributed by atoms with Gasteiger partial charge in [-0.15, -0.1) is 0 Å². The van der Waals surface area contributed by atoms with Gasteiger partial charge in [0.25, 0.3) is 0 Å². The Morgan fingerprint density at radius 3 is 2.29 bits per heavy atom. The first kappa shape index (κ1) is 23.6. The van der Waals surface area contributed by atoms with Gasteiger partial charge < -0.3 is 0 Å². The van der Waals surface area contributed by atoms with Crippen LogP contribution in [0.25, 0.3) is 0 Å². The molecule has 0 aliphatic heterocycles. The van der Waals surface area contributed by atoms with E-state index in [9.17, 15) is 4.79 Å². The second-order valence-corrected chi connectivity index (χ2v) is 14.2. The molecule has 8 atom stereocenters. The second-order valence-electron chi connectivity index (χ2n) is 14.2. The summed E-state index contributed by atoms with van der Waals surface area (Å²) in [7, 11) is 0. The van der Waals surface area contributed by atoms with E-state index in [4.69, 9.17) is 0 Å². The third-order valence-corrected chi connectivity index (χ3v) is 12.2. The van der Waals surface area contributed by atoms with E-state index in [2.05, 4.69) is 61.5 Å². The molecule has 1 heteroatoms. The Bertz CT molecular complexity index is 760. The van der Waals surface area contributed by atoms with Crippen LogP contribution >= 0.6 is 0 Å². The molecule has 0 heterocycles. The zero-order chi connectivity index (χ0) is 22.9. The number of fused-ring (bicyclic) bond motifs is 5. The van der Waals surface area contributed by atoms with Crippen LogP contribution in [0.15, 0.2) is 11.6 Å².